The molecular formula is C16H8BrFN2S. The maximum atomic E-state index is 13.3. The van der Waals surface area contributed by atoms with Gasteiger partial charge in [-0.1, -0.05) is 12.1 Å². The second-order valence-electron chi connectivity index (χ2n) is 4.36. The maximum Gasteiger partial charge on any atom is 0.137 e. The predicted molar refractivity (Wildman–Crippen MR) is 85.4 cm³/mol. The van der Waals surface area contributed by atoms with Crippen LogP contribution in [0.4, 0.5) is 4.39 Å². The van der Waals surface area contributed by atoms with E-state index in [0.29, 0.717) is 10.0 Å². The lowest BCUT2D eigenvalue weighted by molar-refractivity contribution is 0.621. The van der Waals surface area contributed by atoms with Crippen molar-refractivity contribution in [3.63, 3.8) is 0 Å². The molecule has 0 fully saturated rings. The highest BCUT2D eigenvalue weighted by Crippen LogP contribution is 2.31. The van der Waals surface area contributed by atoms with Crippen LogP contribution in [0.15, 0.2) is 52.3 Å². The van der Waals surface area contributed by atoms with Crippen LogP contribution in [0.1, 0.15) is 5.56 Å². The molecular weight excluding hydrogens is 351 g/mol. The minimum Gasteiger partial charge on any atom is -0.236 e. The summed E-state index contributed by atoms with van der Waals surface area (Å²) >= 11 is 4.67. The lowest BCUT2D eigenvalue weighted by atomic mass is 10.1. The Bertz CT molecular complexity index is 851. The Labute approximate surface area is 133 Å². The number of halogens is 2. The van der Waals surface area contributed by atoms with Gasteiger partial charge in [0.25, 0.3) is 0 Å². The Morgan fingerprint density at radius 1 is 1.14 bits per heavy atom. The summed E-state index contributed by atoms with van der Waals surface area (Å²) in [6.07, 6.45) is 0. The summed E-state index contributed by atoms with van der Waals surface area (Å²) in [6, 6.07) is 14.3. The summed E-state index contributed by atoms with van der Waals surface area (Å²) in [5.74, 6) is -0.294. The van der Waals surface area contributed by atoms with Crippen LogP contribution in [-0.2, 0) is 0 Å². The molecule has 102 valence electrons. The third-order valence-corrected chi connectivity index (χ3v) is 4.46. The Hall–Kier alpha value is -2.03. The number of thiazole rings is 1. The topological polar surface area (TPSA) is 36.7 Å². The fourth-order valence-corrected chi connectivity index (χ4v) is 3.12. The molecule has 21 heavy (non-hydrogen) atoms. The van der Waals surface area contributed by atoms with Crippen molar-refractivity contribution in [1.82, 2.24) is 4.98 Å². The zero-order valence-corrected chi connectivity index (χ0v) is 13.1. The van der Waals surface area contributed by atoms with Crippen molar-refractivity contribution in [3.05, 3.63) is 63.7 Å². The van der Waals surface area contributed by atoms with Gasteiger partial charge >= 0.3 is 0 Å². The lowest BCUT2D eigenvalue weighted by Gasteiger charge is -1.99. The van der Waals surface area contributed by atoms with Gasteiger partial charge in [0.1, 0.15) is 10.8 Å². The minimum atomic E-state index is -0.294. The quantitative estimate of drug-likeness (QED) is 0.627. The van der Waals surface area contributed by atoms with E-state index in [1.165, 1.54) is 17.4 Å². The molecule has 0 aliphatic heterocycles. The zero-order valence-electron chi connectivity index (χ0n) is 10.7. The molecule has 0 saturated heterocycles. The van der Waals surface area contributed by atoms with Crippen LogP contribution in [0, 0.1) is 17.1 Å². The molecule has 0 spiro atoms. The van der Waals surface area contributed by atoms with Crippen LogP contribution in [0.2, 0.25) is 0 Å². The largest absolute Gasteiger partial charge is 0.236 e. The normalized spacial score (nSPS) is 10.3. The van der Waals surface area contributed by atoms with E-state index in [2.05, 4.69) is 27.0 Å². The first-order valence-electron chi connectivity index (χ1n) is 6.09. The molecule has 2 nitrogen and oxygen atoms in total. The highest BCUT2D eigenvalue weighted by Gasteiger charge is 2.09. The van der Waals surface area contributed by atoms with Crippen molar-refractivity contribution in [2.24, 2.45) is 0 Å². The summed E-state index contributed by atoms with van der Waals surface area (Å²) in [7, 11) is 0. The molecule has 0 N–H and O–H groups in total. The van der Waals surface area contributed by atoms with E-state index in [1.807, 2.05) is 17.5 Å². The second-order valence-corrected chi connectivity index (χ2v) is 6.07. The Balaban J connectivity index is 1.99. The first kappa shape index (κ1) is 13.9. The standard InChI is InChI=1S/C16H8BrFN2S/c17-13-7-12(4-5-14(13)18)16-20-15(9-21-16)11-3-1-2-10(6-11)8-19/h1-7,9H. The lowest BCUT2D eigenvalue weighted by Crippen LogP contribution is -1.83. The molecule has 0 aliphatic rings. The molecule has 3 aromatic rings. The van der Waals surface area contributed by atoms with Gasteiger partial charge in [0.2, 0.25) is 0 Å². The number of nitrogens with zero attached hydrogens (tertiary/aromatic N) is 2. The predicted octanol–water partition coefficient (Wildman–Crippen LogP) is 5.25. The number of aromatic nitrogens is 1. The molecule has 5 heteroatoms. The van der Waals surface area contributed by atoms with Crippen LogP contribution < -0.4 is 0 Å². The highest BCUT2D eigenvalue weighted by molar-refractivity contribution is 9.10. The average molecular weight is 359 g/mol. The molecule has 2 aromatic carbocycles. The van der Waals surface area contributed by atoms with Crippen LogP contribution in [0.3, 0.4) is 0 Å². The van der Waals surface area contributed by atoms with Crippen LogP contribution in [0.25, 0.3) is 21.8 Å². The van der Waals surface area contributed by atoms with Gasteiger partial charge in [0.05, 0.1) is 21.8 Å². The number of hydrogen-bond donors (Lipinski definition) is 0. The third kappa shape index (κ3) is 2.87. The van der Waals surface area contributed by atoms with Crippen molar-refractivity contribution in [2.45, 2.75) is 0 Å². The smallest absolute Gasteiger partial charge is 0.137 e. The van der Waals surface area contributed by atoms with E-state index in [0.717, 1.165) is 21.8 Å². The maximum absolute atomic E-state index is 13.3. The molecule has 0 unspecified atom stereocenters. The van der Waals surface area contributed by atoms with E-state index < -0.39 is 0 Å². The Kier molecular flexibility index (Phi) is 3.82. The SMILES string of the molecule is N#Cc1cccc(-c2csc(-c3ccc(F)c(Br)c3)n2)c1. The fourth-order valence-electron chi connectivity index (χ4n) is 1.92. The first-order chi connectivity index (χ1) is 10.2. The minimum absolute atomic E-state index is 0.294. The molecule has 0 atom stereocenters. The Morgan fingerprint density at radius 3 is 2.76 bits per heavy atom. The summed E-state index contributed by atoms with van der Waals surface area (Å²) in [4.78, 5) is 4.56. The summed E-state index contributed by atoms with van der Waals surface area (Å²) in [5.41, 5.74) is 3.17. The fraction of sp³-hybridized carbons (Fsp3) is 0. The first-order valence-corrected chi connectivity index (χ1v) is 7.76. The van der Waals surface area contributed by atoms with E-state index in [9.17, 15) is 4.39 Å². The van der Waals surface area contributed by atoms with E-state index in [4.69, 9.17) is 5.26 Å². The summed E-state index contributed by atoms with van der Waals surface area (Å²) < 4.78 is 13.7. The van der Waals surface area contributed by atoms with Gasteiger partial charge in [-0.3, -0.25) is 0 Å². The van der Waals surface area contributed by atoms with E-state index in [1.54, 1.807) is 24.3 Å². The molecule has 0 bridgehead atoms. The van der Waals surface area contributed by atoms with E-state index >= 15 is 0 Å². The van der Waals surface area contributed by atoms with Gasteiger partial charge < -0.3 is 0 Å². The van der Waals surface area contributed by atoms with Crippen molar-refractivity contribution in [3.8, 4) is 27.9 Å². The van der Waals surface area contributed by atoms with Crippen LogP contribution >= 0.6 is 27.3 Å². The third-order valence-electron chi connectivity index (χ3n) is 2.96. The van der Waals surface area contributed by atoms with Gasteiger partial charge in [-0.05, 0) is 46.3 Å². The molecule has 1 heterocycles. The average Bonchev–Trinajstić information content (AvgIpc) is 3.00. The molecule has 3 rings (SSSR count). The molecule has 0 radical (unpaired) electrons. The van der Waals surface area contributed by atoms with Gasteiger partial charge in [-0.15, -0.1) is 11.3 Å². The highest BCUT2D eigenvalue weighted by atomic mass is 79.9. The Morgan fingerprint density at radius 2 is 2.00 bits per heavy atom. The number of rotatable bonds is 2. The number of benzene rings is 2. The van der Waals surface area contributed by atoms with Crippen LogP contribution in [0.5, 0.6) is 0 Å². The monoisotopic (exact) mass is 358 g/mol. The van der Waals surface area contributed by atoms with Crippen molar-refractivity contribution < 1.29 is 4.39 Å². The van der Waals surface area contributed by atoms with Crippen LogP contribution in [-0.4, -0.2) is 4.98 Å². The summed E-state index contributed by atoms with van der Waals surface area (Å²) in [5, 5.41) is 11.7. The van der Waals surface area contributed by atoms with Gasteiger partial charge in [0, 0.05) is 16.5 Å². The number of hydrogen-bond acceptors (Lipinski definition) is 3. The second kappa shape index (κ2) is 5.76. The van der Waals surface area contributed by atoms with Crippen molar-refractivity contribution >= 4 is 27.3 Å². The molecule has 0 aliphatic carbocycles. The van der Waals surface area contributed by atoms with Gasteiger partial charge in [-0.25, -0.2) is 9.37 Å². The van der Waals surface area contributed by atoms with Gasteiger partial charge in [-0.2, -0.15) is 5.26 Å². The molecule has 0 amide bonds. The molecule has 0 saturated carbocycles. The number of nitriles is 1. The summed E-state index contributed by atoms with van der Waals surface area (Å²) in [6.45, 7) is 0. The zero-order chi connectivity index (χ0) is 14.8. The van der Waals surface area contributed by atoms with Crippen molar-refractivity contribution in [2.75, 3.05) is 0 Å². The van der Waals surface area contributed by atoms with Crippen molar-refractivity contribution in [1.29, 1.82) is 5.26 Å². The van der Waals surface area contributed by atoms with E-state index in [-0.39, 0.29) is 5.82 Å². The molecule has 1 aromatic heterocycles. The van der Waals surface area contributed by atoms with Gasteiger partial charge in [0.15, 0.2) is 0 Å².